The highest BCUT2D eigenvalue weighted by atomic mass is 16.6. The predicted molar refractivity (Wildman–Crippen MR) is 132 cm³/mol. The Morgan fingerprint density at radius 1 is 1.29 bits per heavy atom. The fourth-order valence-electron chi connectivity index (χ4n) is 6.74. The number of carbonyl (C=O) groups excluding carboxylic acids is 3. The van der Waals surface area contributed by atoms with Crippen LogP contribution < -0.4 is 0 Å². The second kappa shape index (κ2) is 9.69. The van der Waals surface area contributed by atoms with Gasteiger partial charge in [-0.3, -0.25) is 14.4 Å². The van der Waals surface area contributed by atoms with Gasteiger partial charge in [-0.25, -0.2) is 0 Å². The van der Waals surface area contributed by atoms with Crippen LogP contribution in [0.5, 0.6) is 0 Å². The minimum absolute atomic E-state index is 0.0448. The van der Waals surface area contributed by atoms with Crippen LogP contribution in [0.15, 0.2) is 25.3 Å². The third kappa shape index (κ3) is 4.67. The Morgan fingerprint density at radius 2 is 1.94 bits per heavy atom. The van der Waals surface area contributed by atoms with E-state index in [2.05, 4.69) is 33.9 Å². The van der Waals surface area contributed by atoms with Crippen LogP contribution >= 0.6 is 0 Å². The standard InChI is InChI=1S/C27H42N2O6/c1-9-13-28(26(7,8)16-25(4,5)6)23(32)21-27-12-11-18(35-27)19(24(33)34-14-10-2)20(27)22(31)29(21)17(3)15-30/h9-10,17-21,30H,1-2,11-16H2,3-8H3/t17-,18+,19-,20+,21?,27?/m1/s1. The van der Waals surface area contributed by atoms with Crippen molar-refractivity contribution in [3.63, 3.8) is 0 Å². The van der Waals surface area contributed by atoms with Crippen molar-refractivity contribution in [3.05, 3.63) is 25.3 Å². The molecule has 1 N–H and O–H groups in total. The maximum atomic E-state index is 14.4. The van der Waals surface area contributed by atoms with E-state index in [4.69, 9.17) is 9.47 Å². The Kier molecular flexibility index (Phi) is 7.59. The predicted octanol–water partition coefficient (Wildman–Crippen LogP) is 2.70. The summed E-state index contributed by atoms with van der Waals surface area (Å²) in [5.41, 5.74) is -1.71. The molecule has 0 aliphatic carbocycles. The number of amides is 2. The number of aliphatic hydroxyl groups is 1. The summed E-state index contributed by atoms with van der Waals surface area (Å²) in [7, 11) is 0. The van der Waals surface area contributed by atoms with Crippen molar-refractivity contribution in [2.45, 2.75) is 90.1 Å². The number of hydrogen-bond donors (Lipinski definition) is 1. The molecule has 2 bridgehead atoms. The van der Waals surface area contributed by atoms with Gasteiger partial charge in [-0.1, -0.05) is 39.5 Å². The summed E-state index contributed by atoms with van der Waals surface area (Å²) < 4.78 is 11.8. The summed E-state index contributed by atoms with van der Waals surface area (Å²) in [6.45, 7) is 19.6. The minimum Gasteiger partial charge on any atom is -0.461 e. The third-order valence-corrected chi connectivity index (χ3v) is 7.60. The van der Waals surface area contributed by atoms with Crippen LogP contribution in [0.25, 0.3) is 0 Å². The van der Waals surface area contributed by atoms with Crippen molar-refractivity contribution < 1.29 is 29.0 Å². The SMILES string of the molecule is C=CCOC(=O)[C@@H]1[C@@H]2CCC3(O2)C(C(=O)N(CC=C)C(C)(C)CC(C)(C)C)N([C@H](C)CO)C(=O)[C@H]13. The number of esters is 1. The van der Waals surface area contributed by atoms with E-state index in [1.807, 2.05) is 13.8 Å². The van der Waals surface area contributed by atoms with Crippen molar-refractivity contribution in [1.82, 2.24) is 9.80 Å². The van der Waals surface area contributed by atoms with E-state index < -0.39 is 47.1 Å². The molecule has 196 valence electrons. The molecule has 2 unspecified atom stereocenters. The van der Waals surface area contributed by atoms with Gasteiger partial charge in [0.1, 0.15) is 18.2 Å². The first-order valence-corrected chi connectivity index (χ1v) is 12.6. The number of rotatable bonds is 10. The fourth-order valence-corrected chi connectivity index (χ4v) is 6.74. The lowest BCUT2D eigenvalue weighted by molar-refractivity contribution is -0.157. The second-order valence-electron chi connectivity index (χ2n) is 12.0. The lowest BCUT2D eigenvalue weighted by Gasteiger charge is -2.46. The van der Waals surface area contributed by atoms with Crippen LogP contribution in [0.4, 0.5) is 0 Å². The van der Waals surface area contributed by atoms with Crippen LogP contribution in [-0.4, -0.2) is 81.8 Å². The summed E-state index contributed by atoms with van der Waals surface area (Å²) in [4.78, 5) is 44.5. The molecule has 0 saturated carbocycles. The molecule has 8 heteroatoms. The Hall–Kier alpha value is -2.19. The Bertz CT molecular complexity index is 877. The molecule has 1 spiro atoms. The summed E-state index contributed by atoms with van der Waals surface area (Å²) >= 11 is 0. The molecule has 6 atom stereocenters. The number of aliphatic hydroxyl groups excluding tert-OH is 1. The van der Waals surface area contributed by atoms with E-state index in [0.717, 1.165) is 6.42 Å². The van der Waals surface area contributed by atoms with Gasteiger partial charge in [0.2, 0.25) is 11.8 Å². The zero-order valence-electron chi connectivity index (χ0n) is 22.1. The molecule has 3 fully saturated rings. The van der Waals surface area contributed by atoms with Gasteiger partial charge in [0.25, 0.3) is 0 Å². The average Bonchev–Trinajstić information content (AvgIpc) is 3.40. The monoisotopic (exact) mass is 490 g/mol. The first-order valence-electron chi connectivity index (χ1n) is 12.6. The largest absolute Gasteiger partial charge is 0.461 e. The number of nitrogens with zero attached hydrogens (tertiary/aromatic N) is 2. The molecule has 3 saturated heterocycles. The summed E-state index contributed by atoms with van der Waals surface area (Å²) in [5.74, 6) is -2.68. The zero-order valence-corrected chi connectivity index (χ0v) is 22.1. The maximum Gasteiger partial charge on any atom is 0.312 e. The number of ether oxygens (including phenoxy) is 2. The van der Waals surface area contributed by atoms with E-state index in [0.29, 0.717) is 19.4 Å². The zero-order chi connectivity index (χ0) is 26.3. The topological polar surface area (TPSA) is 96.4 Å². The normalized spacial score (nSPS) is 30.7. The number of carbonyl (C=O) groups is 3. The maximum absolute atomic E-state index is 14.4. The molecule has 0 aromatic heterocycles. The molecule has 0 aromatic rings. The number of likely N-dealkylation sites (tertiary alicyclic amines) is 1. The Balaban J connectivity index is 2.07. The third-order valence-electron chi connectivity index (χ3n) is 7.60. The minimum atomic E-state index is -1.13. The van der Waals surface area contributed by atoms with Crippen LogP contribution in [-0.2, 0) is 23.9 Å². The molecule has 3 rings (SSSR count). The highest BCUT2D eigenvalue weighted by Gasteiger charge is 2.75. The van der Waals surface area contributed by atoms with Crippen molar-refractivity contribution in [2.24, 2.45) is 17.3 Å². The van der Waals surface area contributed by atoms with Crippen LogP contribution in [0.2, 0.25) is 0 Å². The average molecular weight is 491 g/mol. The molecular weight excluding hydrogens is 448 g/mol. The lowest BCUT2D eigenvalue weighted by atomic mass is 9.70. The van der Waals surface area contributed by atoms with Crippen molar-refractivity contribution in [1.29, 1.82) is 0 Å². The van der Waals surface area contributed by atoms with Crippen molar-refractivity contribution in [3.8, 4) is 0 Å². The van der Waals surface area contributed by atoms with Crippen LogP contribution in [0.3, 0.4) is 0 Å². The Labute approximate surface area is 209 Å². The molecule has 2 amide bonds. The smallest absolute Gasteiger partial charge is 0.312 e. The summed E-state index contributed by atoms with van der Waals surface area (Å²) in [6.07, 6.45) is 4.48. The molecule has 3 aliphatic rings. The molecular formula is C27H42N2O6. The fraction of sp³-hybridized carbons (Fsp3) is 0.741. The van der Waals surface area contributed by atoms with Gasteiger partial charge in [-0.2, -0.15) is 0 Å². The van der Waals surface area contributed by atoms with Crippen LogP contribution in [0.1, 0.15) is 60.8 Å². The van der Waals surface area contributed by atoms with Crippen molar-refractivity contribution >= 4 is 17.8 Å². The van der Waals surface area contributed by atoms with Gasteiger partial charge in [0, 0.05) is 12.1 Å². The van der Waals surface area contributed by atoms with Crippen LogP contribution in [0, 0.1) is 17.3 Å². The Morgan fingerprint density at radius 3 is 2.49 bits per heavy atom. The van der Waals surface area contributed by atoms with E-state index >= 15 is 0 Å². The van der Waals surface area contributed by atoms with Gasteiger partial charge >= 0.3 is 5.97 Å². The first kappa shape index (κ1) is 27.4. The number of hydrogen-bond acceptors (Lipinski definition) is 6. The van der Waals surface area contributed by atoms with Gasteiger partial charge < -0.3 is 24.4 Å². The molecule has 35 heavy (non-hydrogen) atoms. The second-order valence-corrected chi connectivity index (χ2v) is 12.0. The highest BCUT2D eigenvalue weighted by molar-refractivity contribution is 5.98. The van der Waals surface area contributed by atoms with Gasteiger partial charge in [-0.15, -0.1) is 6.58 Å². The first-order chi connectivity index (χ1) is 16.3. The number of fused-ring (bicyclic) bond motifs is 1. The van der Waals surface area contributed by atoms with E-state index in [1.54, 1.807) is 17.9 Å². The van der Waals surface area contributed by atoms with E-state index in [9.17, 15) is 19.5 Å². The van der Waals surface area contributed by atoms with Gasteiger partial charge in [0.05, 0.1) is 30.6 Å². The summed E-state index contributed by atoms with van der Waals surface area (Å²) in [6, 6.07) is -1.55. The van der Waals surface area contributed by atoms with E-state index in [1.165, 1.54) is 11.0 Å². The quantitative estimate of drug-likeness (QED) is 0.374. The summed E-state index contributed by atoms with van der Waals surface area (Å²) in [5, 5.41) is 10.0. The lowest BCUT2D eigenvalue weighted by Crippen LogP contribution is -2.62. The molecule has 0 radical (unpaired) electrons. The molecule has 8 nitrogen and oxygen atoms in total. The molecule has 3 heterocycles. The van der Waals surface area contributed by atoms with Gasteiger partial charge in [-0.05, 0) is 45.4 Å². The van der Waals surface area contributed by atoms with Crippen molar-refractivity contribution in [2.75, 3.05) is 19.8 Å². The molecule has 3 aliphatic heterocycles. The highest BCUT2D eigenvalue weighted by Crippen LogP contribution is 2.59. The molecule has 0 aromatic carbocycles. The van der Waals surface area contributed by atoms with E-state index in [-0.39, 0.29) is 30.4 Å². The van der Waals surface area contributed by atoms with Gasteiger partial charge in [0.15, 0.2) is 0 Å².